The predicted molar refractivity (Wildman–Crippen MR) is 109 cm³/mol. The Morgan fingerprint density at radius 1 is 1.00 bits per heavy atom. The van der Waals surface area contributed by atoms with Gasteiger partial charge in [0, 0.05) is 18.3 Å². The van der Waals surface area contributed by atoms with Crippen molar-refractivity contribution in [1.82, 2.24) is 9.71 Å². The van der Waals surface area contributed by atoms with Crippen LogP contribution in [0, 0.1) is 13.8 Å². The molecule has 3 rings (SSSR count). The molecule has 28 heavy (non-hydrogen) atoms. The molecular weight excluding hydrogens is 374 g/mol. The number of aryl methyl sites for hydroxylation is 2. The Labute approximate surface area is 164 Å². The lowest BCUT2D eigenvalue weighted by molar-refractivity contribution is 0.102. The number of aromatic nitrogens is 1. The lowest BCUT2D eigenvalue weighted by Gasteiger charge is -2.11. The molecule has 0 atom stereocenters. The molecule has 0 aliphatic rings. The van der Waals surface area contributed by atoms with Crippen LogP contribution in [0.5, 0.6) is 0 Å². The molecular formula is C21H21N3O3S. The van der Waals surface area contributed by atoms with Gasteiger partial charge in [0.1, 0.15) is 5.82 Å². The summed E-state index contributed by atoms with van der Waals surface area (Å²) in [6, 6.07) is 17.3. The van der Waals surface area contributed by atoms with Gasteiger partial charge in [-0.1, -0.05) is 42.5 Å². The molecule has 1 aromatic heterocycles. The summed E-state index contributed by atoms with van der Waals surface area (Å²) >= 11 is 0. The number of carbonyl (C=O) groups excluding carboxylic acids is 1. The molecule has 1 heterocycles. The molecule has 0 spiro atoms. The highest BCUT2D eigenvalue weighted by Gasteiger charge is 2.18. The van der Waals surface area contributed by atoms with Crippen molar-refractivity contribution in [1.29, 1.82) is 0 Å². The van der Waals surface area contributed by atoms with Crippen LogP contribution in [0.15, 0.2) is 71.8 Å². The summed E-state index contributed by atoms with van der Waals surface area (Å²) in [5, 5.41) is 2.70. The number of rotatable bonds is 6. The molecule has 0 saturated carbocycles. The summed E-state index contributed by atoms with van der Waals surface area (Å²) in [6.07, 6.45) is 1.65. The number of hydrogen-bond donors (Lipinski definition) is 2. The Balaban J connectivity index is 1.79. The number of benzene rings is 2. The monoisotopic (exact) mass is 395 g/mol. The minimum atomic E-state index is -3.76. The number of carbonyl (C=O) groups is 1. The van der Waals surface area contributed by atoms with Crippen molar-refractivity contribution in [2.75, 3.05) is 5.32 Å². The van der Waals surface area contributed by atoms with Gasteiger partial charge in [0.05, 0.1) is 4.90 Å². The molecule has 0 fully saturated rings. The van der Waals surface area contributed by atoms with Gasteiger partial charge in [-0.15, -0.1) is 0 Å². The van der Waals surface area contributed by atoms with Gasteiger partial charge in [0.25, 0.3) is 5.91 Å². The smallest absolute Gasteiger partial charge is 0.257 e. The standard InChI is InChI=1S/C21H21N3O3S/c1-15-8-11-20(22-13-15)24-21(25)19-12-18(10-9-16(19)2)28(26,27)23-14-17-6-4-3-5-7-17/h3-13,23H,14H2,1-2H3,(H,22,24,25). The van der Waals surface area contributed by atoms with Gasteiger partial charge in [-0.2, -0.15) is 0 Å². The van der Waals surface area contributed by atoms with Crippen molar-refractivity contribution in [3.8, 4) is 0 Å². The number of pyridine rings is 1. The fourth-order valence-electron chi connectivity index (χ4n) is 2.60. The maximum absolute atomic E-state index is 12.6. The van der Waals surface area contributed by atoms with E-state index in [9.17, 15) is 13.2 Å². The average Bonchev–Trinajstić information content (AvgIpc) is 2.69. The largest absolute Gasteiger partial charge is 0.307 e. The first-order valence-electron chi connectivity index (χ1n) is 8.73. The number of nitrogens with zero attached hydrogens (tertiary/aromatic N) is 1. The molecule has 1 amide bonds. The van der Waals surface area contributed by atoms with Crippen LogP contribution in [0.3, 0.4) is 0 Å². The van der Waals surface area contributed by atoms with E-state index < -0.39 is 15.9 Å². The zero-order valence-electron chi connectivity index (χ0n) is 15.6. The summed E-state index contributed by atoms with van der Waals surface area (Å²) in [5.41, 5.74) is 2.78. The normalized spacial score (nSPS) is 11.2. The summed E-state index contributed by atoms with van der Waals surface area (Å²) in [7, 11) is -3.76. The molecule has 3 aromatic rings. The molecule has 0 bridgehead atoms. The molecule has 0 aliphatic heterocycles. The first-order chi connectivity index (χ1) is 13.3. The lowest BCUT2D eigenvalue weighted by Crippen LogP contribution is -2.24. The number of hydrogen-bond acceptors (Lipinski definition) is 4. The Morgan fingerprint density at radius 2 is 1.75 bits per heavy atom. The predicted octanol–water partition coefficient (Wildman–Crippen LogP) is 3.43. The molecule has 0 saturated heterocycles. The minimum Gasteiger partial charge on any atom is -0.307 e. The van der Waals surface area contributed by atoms with E-state index in [4.69, 9.17) is 0 Å². The van der Waals surface area contributed by atoms with Crippen LogP contribution in [-0.4, -0.2) is 19.3 Å². The molecule has 0 radical (unpaired) electrons. The van der Waals surface area contributed by atoms with Gasteiger partial charge in [-0.3, -0.25) is 4.79 Å². The van der Waals surface area contributed by atoms with E-state index in [1.54, 1.807) is 25.3 Å². The average molecular weight is 395 g/mol. The number of anilines is 1. The second kappa shape index (κ2) is 8.33. The van der Waals surface area contributed by atoms with Crippen molar-refractivity contribution in [3.05, 3.63) is 89.1 Å². The van der Waals surface area contributed by atoms with Crippen LogP contribution >= 0.6 is 0 Å². The third kappa shape index (κ3) is 4.82. The zero-order valence-corrected chi connectivity index (χ0v) is 16.5. The maximum atomic E-state index is 12.6. The molecule has 144 valence electrons. The second-order valence-corrected chi connectivity index (χ2v) is 8.23. The van der Waals surface area contributed by atoms with Crippen molar-refractivity contribution in [2.24, 2.45) is 0 Å². The maximum Gasteiger partial charge on any atom is 0.257 e. The Hall–Kier alpha value is -3.03. The van der Waals surface area contributed by atoms with Crippen molar-refractivity contribution < 1.29 is 13.2 Å². The highest BCUT2D eigenvalue weighted by Crippen LogP contribution is 2.18. The van der Waals surface area contributed by atoms with E-state index in [1.807, 2.05) is 43.3 Å². The van der Waals surface area contributed by atoms with Gasteiger partial charge in [0.2, 0.25) is 10.0 Å². The van der Waals surface area contributed by atoms with Crippen LogP contribution in [0.4, 0.5) is 5.82 Å². The Morgan fingerprint density at radius 3 is 2.43 bits per heavy atom. The van der Waals surface area contributed by atoms with Crippen LogP contribution in [-0.2, 0) is 16.6 Å². The van der Waals surface area contributed by atoms with Crippen LogP contribution in [0.1, 0.15) is 27.0 Å². The first kappa shape index (κ1) is 19.7. The summed E-state index contributed by atoms with van der Waals surface area (Å²) in [6.45, 7) is 3.83. The van der Waals surface area contributed by atoms with Gasteiger partial charge in [-0.25, -0.2) is 18.1 Å². The summed E-state index contributed by atoms with van der Waals surface area (Å²) < 4.78 is 27.8. The van der Waals surface area contributed by atoms with E-state index in [0.29, 0.717) is 11.4 Å². The van der Waals surface area contributed by atoms with Gasteiger partial charge in [-0.05, 0) is 48.7 Å². The first-order valence-corrected chi connectivity index (χ1v) is 10.2. The molecule has 2 aromatic carbocycles. The van der Waals surface area contributed by atoms with Gasteiger partial charge >= 0.3 is 0 Å². The van der Waals surface area contributed by atoms with E-state index in [1.165, 1.54) is 12.1 Å². The number of amides is 1. The highest BCUT2D eigenvalue weighted by molar-refractivity contribution is 7.89. The molecule has 6 nitrogen and oxygen atoms in total. The van der Waals surface area contributed by atoms with E-state index in [2.05, 4.69) is 15.0 Å². The number of nitrogens with one attached hydrogen (secondary N) is 2. The van der Waals surface area contributed by atoms with Crippen LogP contribution in [0.25, 0.3) is 0 Å². The third-order valence-electron chi connectivity index (χ3n) is 4.23. The highest BCUT2D eigenvalue weighted by atomic mass is 32.2. The molecule has 0 aliphatic carbocycles. The molecule has 7 heteroatoms. The van der Waals surface area contributed by atoms with Crippen molar-refractivity contribution >= 4 is 21.7 Å². The lowest BCUT2D eigenvalue weighted by atomic mass is 10.1. The second-order valence-electron chi connectivity index (χ2n) is 6.46. The quantitative estimate of drug-likeness (QED) is 0.669. The molecule has 0 unspecified atom stereocenters. The Kier molecular flexibility index (Phi) is 5.87. The number of sulfonamides is 1. The SMILES string of the molecule is Cc1ccc(NC(=O)c2cc(S(=O)(=O)NCc3ccccc3)ccc2C)nc1. The fraction of sp³-hybridized carbons (Fsp3) is 0.143. The van der Waals surface area contributed by atoms with E-state index in [-0.39, 0.29) is 17.0 Å². The Bertz CT molecular complexity index is 1080. The van der Waals surface area contributed by atoms with Crippen LogP contribution in [0.2, 0.25) is 0 Å². The van der Waals surface area contributed by atoms with Crippen LogP contribution < -0.4 is 10.0 Å². The topological polar surface area (TPSA) is 88.2 Å². The van der Waals surface area contributed by atoms with E-state index in [0.717, 1.165) is 11.1 Å². The third-order valence-corrected chi connectivity index (χ3v) is 5.62. The summed E-state index contributed by atoms with van der Waals surface area (Å²) in [4.78, 5) is 16.8. The van der Waals surface area contributed by atoms with Gasteiger partial charge < -0.3 is 5.32 Å². The summed E-state index contributed by atoms with van der Waals surface area (Å²) in [5.74, 6) is -0.000532. The van der Waals surface area contributed by atoms with Gasteiger partial charge in [0.15, 0.2) is 0 Å². The van der Waals surface area contributed by atoms with E-state index >= 15 is 0 Å². The fourth-order valence-corrected chi connectivity index (χ4v) is 3.64. The minimum absolute atomic E-state index is 0.0380. The van der Waals surface area contributed by atoms with Crippen molar-refractivity contribution in [2.45, 2.75) is 25.3 Å². The zero-order chi connectivity index (χ0) is 20.1. The van der Waals surface area contributed by atoms with Crippen molar-refractivity contribution in [3.63, 3.8) is 0 Å². The molecule has 2 N–H and O–H groups in total.